The lowest BCUT2D eigenvalue weighted by atomic mass is 9.86. The van der Waals surface area contributed by atoms with Crippen molar-refractivity contribution in [1.82, 2.24) is 4.90 Å². The maximum absolute atomic E-state index is 13.1. The summed E-state index contributed by atoms with van der Waals surface area (Å²) < 4.78 is 0. The molecule has 5 nitrogen and oxygen atoms in total. The molecule has 2 aliphatic rings. The van der Waals surface area contributed by atoms with E-state index in [1.807, 2.05) is 36.1 Å². The van der Waals surface area contributed by atoms with Crippen molar-refractivity contribution in [1.29, 1.82) is 0 Å². The van der Waals surface area contributed by atoms with Crippen LogP contribution in [0, 0.1) is 0 Å². The molecule has 1 fully saturated rings. The second kappa shape index (κ2) is 12.2. The molecule has 3 aromatic rings. The highest BCUT2D eigenvalue weighted by Gasteiger charge is 2.51. The highest BCUT2D eigenvalue weighted by molar-refractivity contribution is 6.05. The molecule has 1 unspecified atom stereocenters. The number of carbonyl (C=O) groups is 2. The third kappa shape index (κ3) is 6.51. The van der Waals surface area contributed by atoms with Crippen LogP contribution in [-0.2, 0) is 33.3 Å². The van der Waals surface area contributed by atoms with E-state index < -0.39 is 11.4 Å². The predicted octanol–water partition coefficient (Wildman–Crippen LogP) is 7.74. The molecule has 0 spiro atoms. The number of aliphatic carboxylic acids is 1. The second-order valence-electron chi connectivity index (χ2n) is 13.0. The number of hydrogen-bond donors (Lipinski definition) is 1. The number of rotatable bonds is 12. The third-order valence-corrected chi connectivity index (χ3v) is 8.97. The van der Waals surface area contributed by atoms with Crippen LogP contribution in [0.3, 0.4) is 0 Å². The summed E-state index contributed by atoms with van der Waals surface area (Å²) in [4.78, 5) is 31.5. The van der Waals surface area contributed by atoms with E-state index in [-0.39, 0.29) is 17.4 Å². The van der Waals surface area contributed by atoms with E-state index in [0.717, 1.165) is 73.9 Å². The number of benzene rings is 3. The van der Waals surface area contributed by atoms with E-state index in [4.69, 9.17) is 4.99 Å². The normalized spacial score (nSPS) is 17.8. The maximum atomic E-state index is 13.1. The third-order valence-electron chi connectivity index (χ3n) is 8.97. The van der Waals surface area contributed by atoms with Gasteiger partial charge in [-0.25, -0.2) is 0 Å². The molecule has 3 aromatic carbocycles. The van der Waals surface area contributed by atoms with Crippen molar-refractivity contribution in [3.05, 3.63) is 95.1 Å². The van der Waals surface area contributed by atoms with E-state index in [9.17, 15) is 14.7 Å². The lowest BCUT2D eigenvalue weighted by Gasteiger charge is -2.19. The first kappa shape index (κ1) is 29.8. The van der Waals surface area contributed by atoms with Gasteiger partial charge in [-0.1, -0.05) is 93.6 Å². The van der Waals surface area contributed by atoms with Gasteiger partial charge in [0.1, 0.15) is 11.9 Å². The zero-order chi connectivity index (χ0) is 29.9. The van der Waals surface area contributed by atoms with Crippen molar-refractivity contribution in [3.63, 3.8) is 0 Å². The Kier molecular flexibility index (Phi) is 8.68. The minimum Gasteiger partial charge on any atom is -0.481 e. The van der Waals surface area contributed by atoms with Crippen LogP contribution < -0.4 is 0 Å². The summed E-state index contributed by atoms with van der Waals surface area (Å²) in [5.41, 5.74) is 6.52. The van der Waals surface area contributed by atoms with Gasteiger partial charge in [0.05, 0.1) is 5.41 Å². The highest BCUT2D eigenvalue weighted by atomic mass is 16.4. The number of amides is 1. The molecule has 1 N–H and O–H groups in total. The number of amidine groups is 1. The molecule has 0 radical (unpaired) electrons. The van der Waals surface area contributed by atoms with Crippen molar-refractivity contribution in [2.75, 3.05) is 6.54 Å². The Bertz CT molecular complexity index is 1440. The Balaban J connectivity index is 1.14. The van der Waals surface area contributed by atoms with Gasteiger partial charge in [-0.3, -0.25) is 19.5 Å². The zero-order valence-electron chi connectivity index (χ0n) is 25.5. The number of aliphatic imine (C=N–C) groups is 1. The molecule has 220 valence electrons. The summed E-state index contributed by atoms with van der Waals surface area (Å²) in [5, 5.41) is 9.58. The van der Waals surface area contributed by atoms with Crippen LogP contribution in [0.4, 0.5) is 0 Å². The number of carboxylic acids is 1. The van der Waals surface area contributed by atoms with Crippen LogP contribution in [0.1, 0.15) is 88.5 Å². The SMILES string of the molecule is CCN1C(=O)C(CCCc2ccc(C(C)(C)C)cc2)N=C1CCCc1cccc(-c2ccc(C3(C(=O)O)CC3)cc2)c1. The summed E-state index contributed by atoms with van der Waals surface area (Å²) in [7, 11) is 0. The molecule has 1 aliphatic heterocycles. The first-order valence-electron chi connectivity index (χ1n) is 15.5. The number of carbonyl (C=O) groups excluding carboxylic acids is 1. The second-order valence-corrected chi connectivity index (χ2v) is 13.0. The van der Waals surface area contributed by atoms with Crippen LogP contribution in [0.5, 0.6) is 0 Å². The monoisotopic (exact) mass is 564 g/mol. The van der Waals surface area contributed by atoms with E-state index in [2.05, 4.69) is 69.3 Å². The topological polar surface area (TPSA) is 70.0 Å². The van der Waals surface area contributed by atoms with Gasteiger partial charge in [0.2, 0.25) is 0 Å². The van der Waals surface area contributed by atoms with Crippen LogP contribution in [0.2, 0.25) is 0 Å². The van der Waals surface area contributed by atoms with Crippen molar-refractivity contribution in [2.45, 2.75) is 95.9 Å². The Morgan fingerprint density at radius 3 is 2.21 bits per heavy atom. The summed E-state index contributed by atoms with van der Waals surface area (Å²) in [6, 6.07) is 25.2. The number of aryl methyl sites for hydroxylation is 2. The van der Waals surface area contributed by atoms with E-state index in [1.54, 1.807) is 0 Å². The largest absolute Gasteiger partial charge is 0.481 e. The molecule has 42 heavy (non-hydrogen) atoms. The lowest BCUT2D eigenvalue weighted by molar-refractivity contribution is -0.140. The van der Waals surface area contributed by atoms with Crippen LogP contribution in [0.25, 0.3) is 11.1 Å². The van der Waals surface area contributed by atoms with Crippen LogP contribution in [-0.4, -0.2) is 40.3 Å². The molecule has 1 amide bonds. The summed E-state index contributed by atoms with van der Waals surface area (Å²) in [6.45, 7) is 9.39. The molecule has 0 bridgehead atoms. The molecule has 0 aromatic heterocycles. The average Bonchev–Trinajstić information content (AvgIpc) is 3.74. The van der Waals surface area contributed by atoms with Gasteiger partial charge in [-0.15, -0.1) is 0 Å². The fourth-order valence-corrected chi connectivity index (χ4v) is 6.10. The fourth-order valence-electron chi connectivity index (χ4n) is 6.10. The van der Waals surface area contributed by atoms with E-state index >= 15 is 0 Å². The van der Waals surface area contributed by atoms with E-state index in [1.165, 1.54) is 16.7 Å². The number of hydrogen-bond acceptors (Lipinski definition) is 3. The minimum absolute atomic E-state index is 0.150. The molecule has 0 saturated heterocycles. The molecular weight excluding hydrogens is 520 g/mol. The van der Waals surface area contributed by atoms with Crippen molar-refractivity contribution >= 4 is 17.7 Å². The average molecular weight is 565 g/mol. The van der Waals surface area contributed by atoms with Gasteiger partial charge in [0.15, 0.2) is 0 Å². The predicted molar refractivity (Wildman–Crippen MR) is 170 cm³/mol. The fraction of sp³-hybridized carbons (Fsp3) is 0.432. The first-order valence-corrected chi connectivity index (χ1v) is 15.5. The van der Waals surface area contributed by atoms with Crippen LogP contribution >= 0.6 is 0 Å². The highest BCUT2D eigenvalue weighted by Crippen LogP contribution is 2.48. The smallest absolute Gasteiger partial charge is 0.314 e. The Labute approximate surface area is 250 Å². The van der Waals surface area contributed by atoms with Gasteiger partial charge >= 0.3 is 5.97 Å². The van der Waals surface area contributed by atoms with Gasteiger partial charge in [0.25, 0.3) is 5.91 Å². The zero-order valence-corrected chi connectivity index (χ0v) is 25.5. The molecule has 1 heterocycles. The van der Waals surface area contributed by atoms with Crippen molar-refractivity contribution in [2.24, 2.45) is 4.99 Å². The standard InChI is InChI=1S/C37H44N2O3/c1-5-39-33(38-32(34(39)40)13-7-9-26-15-19-30(20-16-26)36(2,3)4)14-8-11-27-10-6-12-29(25-27)28-17-21-31(22-18-28)37(23-24-37)35(41)42/h6,10,12,15-22,25,32H,5,7-9,11,13-14,23-24H2,1-4H3,(H,41,42). The molecule has 5 heteroatoms. The van der Waals surface area contributed by atoms with Gasteiger partial charge in [-0.05, 0) is 90.7 Å². The Morgan fingerprint density at radius 1 is 0.905 bits per heavy atom. The van der Waals surface area contributed by atoms with Crippen molar-refractivity contribution < 1.29 is 14.7 Å². The summed E-state index contributed by atoms with van der Waals surface area (Å²) >= 11 is 0. The Hall–Kier alpha value is -3.73. The lowest BCUT2D eigenvalue weighted by Crippen LogP contribution is -2.35. The minimum atomic E-state index is -0.722. The summed E-state index contributed by atoms with van der Waals surface area (Å²) in [5.74, 6) is 0.360. The molecule has 1 aliphatic carbocycles. The summed E-state index contributed by atoms with van der Waals surface area (Å²) in [6.07, 6.45) is 6.77. The van der Waals surface area contributed by atoms with Gasteiger partial charge < -0.3 is 5.11 Å². The van der Waals surface area contributed by atoms with Crippen LogP contribution in [0.15, 0.2) is 77.8 Å². The maximum Gasteiger partial charge on any atom is 0.314 e. The number of likely N-dealkylation sites (N-methyl/N-ethyl adjacent to an activating group) is 1. The Morgan fingerprint density at radius 2 is 1.60 bits per heavy atom. The van der Waals surface area contributed by atoms with E-state index in [0.29, 0.717) is 6.54 Å². The molecule has 5 rings (SSSR count). The quantitative estimate of drug-likeness (QED) is 0.245. The van der Waals surface area contributed by atoms with Gasteiger partial charge in [0, 0.05) is 13.0 Å². The molecule has 1 atom stereocenters. The van der Waals surface area contributed by atoms with Gasteiger partial charge in [-0.2, -0.15) is 0 Å². The number of carboxylic acid groups (broad SMARTS) is 1. The number of nitrogens with zero attached hydrogens (tertiary/aromatic N) is 2. The molecule has 1 saturated carbocycles. The van der Waals surface area contributed by atoms with Crippen molar-refractivity contribution in [3.8, 4) is 11.1 Å². The molecular formula is C37H44N2O3. The first-order chi connectivity index (χ1) is 20.1.